The number of rotatable bonds is 8. The van der Waals surface area contributed by atoms with Gasteiger partial charge < -0.3 is 0 Å². The van der Waals surface area contributed by atoms with E-state index in [9.17, 15) is 10.1 Å². The summed E-state index contributed by atoms with van der Waals surface area (Å²) < 4.78 is 1.84. The summed E-state index contributed by atoms with van der Waals surface area (Å²) in [5.41, 5.74) is 4.54. The molecule has 2 atom stereocenters. The fourth-order valence-electron chi connectivity index (χ4n) is 5.47. The van der Waals surface area contributed by atoms with Crippen molar-refractivity contribution in [1.29, 1.82) is 0 Å². The Hall–Kier alpha value is -3.95. The Balaban J connectivity index is 1.38. The van der Waals surface area contributed by atoms with Gasteiger partial charge in [-0.05, 0) is 41.0 Å². The van der Waals surface area contributed by atoms with E-state index < -0.39 is 0 Å². The predicted octanol–water partition coefficient (Wildman–Crippen LogP) is 4.39. The van der Waals surface area contributed by atoms with Gasteiger partial charge in [0.15, 0.2) is 5.82 Å². The first-order valence-corrected chi connectivity index (χ1v) is 13.1. The number of hydrogen-bond acceptors (Lipinski definition) is 7. The molecule has 3 aromatic rings. The van der Waals surface area contributed by atoms with E-state index in [1.165, 1.54) is 5.56 Å². The fourth-order valence-corrected chi connectivity index (χ4v) is 5.47. The van der Waals surface area contributed by atoms with Crippen LogP contribution in [0.15, 0.2) is 78.5 Å². The van der Waals surface area contributed by atoms with Gasteiger partial charge in [0, 0.05) is 51.1 Å². The summed E-state index contributed by atoms with van der Waals surface area (Å²) in [5.74, 6) is 0.609. The van der Waals surface area contributed by atoms with E-state index in [2.05, 4.69) is 81.7 Å². The van der Waals surface area contributed by atoms with Crippen LogP contribution >= 0.6 is 0 Å². The molecular weight excluding hydrogens is 478 g/mol. The Kier molecular flexibility index (Phi) is 7.86. The molecule has 1 unspecified atom stereocenters. The molecule has 1 aliphatic heterocycles. The summed E-state index contributed by atoms with van der Waals surface area (Å²) >= 11 is 0. The summed E-state index contributed by atoms with van der Waals surface area (Å²) in [7, 11) is 0. The summed E-state index contributed by atoms with van der Waals surface area (Å²) in [6.07, 6.45) is 10.2. The molecule has 0 amide bonds. The van der Waals surface area contributed by atoms with E-state index in [4.69, 9.17) is 0 Å². The van der Waals surface area contributed by atoms with Crippen LogP contribution in [-0.2, 0) is 0 Å². The number of benzene rings is 2. The summed E-state index contributed by atoms with van der Waals surface area (Å²) in [4.78, 5) is 16.2. The molecule has 2 heterocycles. The highest BCUT2D eigenvalue weighted by Crippen LogP contribution is 2.36. The Morgan fingerprint density at radius 3 is 2.50 bits per heavy atom. The molecule has 9 heteroatoms. The highest BCUT2D eigenvalue weighted by Gasteiger charge is 2.37. The number of para-hydroxylation sites is 1. The second kappa shape index (κ2) is 11.6. The first-order chi connectivity index (χ1) is 18.5. The van der Waals surface area contributed by atoms with Crippen molar-refractivity contribution in [2.24, 2.45) is 5.92 Å². The second-order valence-electron chi connectivity index (χ2n) is 9.95. The van der Waals surface area contributed by atoms with Crippen molar-refractivity contribution in [3.63, 3.8) is 0 Å². The lowest BCUT2D eigenvalue weighted by molar-refractivity contribution is -0.429. The Labute approximate surface area is 222 Å². The van der Waals surface area contributed by atoms with Crippen LogP contribution in [0.2, 0.25) is 0 Å². The van der Waals surface area contributed by atoms with Crippen molar-refractivity contribution in [1.82, 2.24) is 30.0 Å². The van der Waals surface area contributed by atoms with Crippen LogP contribution in [0.1, 0.15) is 35.0 Å². The van der Waals surface area contributed by atoms with Gasteiger partial charge in [0.05, 0.1) is 16.7 Å². The van der Waals surface area contributed by atoms with Gasteiger partial charge in [-0.25, -0.2) is 0 Å². The zero-order chi connectivity index (χ0) is 26.5. The molecule has 9 nitrogen and oxygen atoms in total. The monoisotopic (exact) mass is 511 g/mol. The maximum absolute atomic E-state index is 11.6. The third kappa shape index (κ3) is 5.64. The zero-order valence-electron chi connectivity index (χ0n) is 21.8. The molecule has 0 radical (unpaired) electrons. The van der Waals surface area contributed by atoms with Crippen LogP contribution in [0.5, 0.6) is 0 Å². The summed E-state index contributed by atoms with van der Waals surface area (Å²) in [5, 5.41) is 24.6. The molecule has 0 bridgehead atoms. The Morgan fingerprint density at radius 1 is 1.05 bits per heavy atom. The second-order valence-corrected chi connectivity index (χ2v) is 9.95. The van der Waals surface area contributed by atoms with Gasteiger partial charge in [-0.15, -0.1) is 5.10 Å². The molecule has 2 aliphatic rings. The van der Waals surface area contributed by atoms with Crippen LogP contribution in [-0.4, -0.2) is 67.7 Å². The highest BCUT2D eigenvalue weighted by atomic mass is 16.6. The first-order valence-electron chi connectivity index (χ1n) is 13.1. The number of nitro groups is 1. The minimum absolute atomic E-state index is 0.112. The topological polar surface area (TPSA) is 93.2 Å². The lowest BCUT2D eigenvalue weighted by Gasteiger charge is -2.41. The molecule has 0 N–H and O–H groups in total. The average Bonchev–Trinajstić information content (AvgIpc) is 3.39. The number of aryl methyl sites for hydroxylation is 2. The molecule has 1 aromatic heterocycles. The molecule has 5 rings (SSSR count). The van der Waals surface area contributed by atoms with Crippen molar-refractivity contribution in [3.05, 3.63) is 111 Å². The number of allylic oxidation sites excluding steroid dienone is 3. The molecule has 1 saturated heterocycles. The van der Waals surface area contributed by atoms with E-state index in [0.717, 1.165) is 55.4 Å². The average molecular weight is 512 g/mol. The Bertz CT molecular complexity index is 1330. The lowest BCUT2D eigenvalue weighted by Crippen LogP contribution is -2.49. The molecule has 0 spiro atoms. The van der Waals surface area contributed by atoms with Crippen LogP contribution in [0.3, 0.4) is 0 Å². The third-order valence-electron chi connectivity index (χ3n) is 7.42. The van der Waals surface area contributed by atoms with Gasteiger partial charge >= 0.3 is 0 Å². The van der Waals surface area contributed by atoms with Crippen molar-refractivity contribution >= 4 is 6.08 Å². The summed E-state index contributed by atoms with van der Waals surface area (Å²) in [6, 6.07) is 16.3. The number of piperazine rings is 1. The number of nitrogens with zero attached hydrogens (tertiary/aromatic N) is 7. The fraction of sp³-hybridized carbons (Fsp3) is 0.345. The number of hydrogen-bond donors (Lipinski definition) is 0. The van der Waals surface area contributed by atoms with Crippen molar-refractivity contribution < 1.29 is 4.92 Å². The maximum Gasteiger partial charge on any atom is 0.246 e. The van der Waals surface area contributed by atoms with Gasteiger partial charge in [0.2, 0.25) is 5.70 Å². The number of tetrazole rings is 1. The first kappa shape index (κ1) is 25.7. The number of aromatic nitrogens is 4. The van der Waals surface area contributed by atoms with Crippen LogP contribution in [0.25, 0.3) is 11.8 Å². The third-order valence-corrected chi connectivity index (χ3v) is 7.42. The van der Waals surface area contributed by atoms with Gasteiger partial charge in [0.25, 0.3) is 0 Å². The summed E-state index contributed by atoms with van der Waals surface area (Å²) in [6.45, 7) is 8.43. The van der Waals surface area contributed by atoms with Crippen LogP contribution in [0, 0.1) is 29.9 Å². The molecule has 196 valence electrons. The van der Waals surface area contributed by atoms with E-state index in [-0.39, 0.29) is 22.6 Å². The van der Waals surface area contributed by atoms with E-state index in [1.54, 1.807) is 12.2 Å². The van der Waals surface area contributed by atoms with E-state index >= 15 is 0 Å². The van der Waals surface area contributed by atoms with E-state index in [1.807, 2.05) is 28.9 Å². The molecule has 38 heavy (non-hydrogen) atoms. The minimum Gasteiger partial charge on any atom is -0.297 e. The van der Waals surface area contributed by atoms with E-state index in [0.29, 0.717) is 6.42 Å². The SMILES string of the molecule is Cc1cccc(C)c1-n1nnnc1[C@H](C1C=CC=C([N+](=O)[O-])C1)N1CCN(C/C=C/c2ccccc2)CC1. The molecular formula is C29H33N7O2. The van der Waals surface area contributed by atoms with Gasteiger partial charge in [-0.2, -0.15) is 4.68 Å². The van der Waals surface area contributed by atoms with Gasteiger partial charge in [0.1, 0.15) is 0 Å². The standard InChI is InChI=1S/C29H33N7O2/c1-22-9-6-10-23(2)27(22)35-29(30-31-32-35)28(25-14-7-15-26(21-25)36(37)38)34-19-17-33(18-20-34)16-8-13-24-11-4-3-5-12-24/h3-15,25,28H,16-21H2,1-2H3/b13-8+/t25?,28-/m0/s1. The Morgan fingerprint density at radius 2 is 1.79 bits per heavy atom. The lowest BCUT2D eigenvalue weighted by atomic mass is 9.88. The normalized spacial score (nSPS) is 19.5. The predicted molar refractivity (Wildman–Crippen MR) is 147 cm³/mol. The minimum atomic E-state index is -0.279. The van der Waals surface area contributed by atoms with Crippen LogP contribution < -0.4 is 0 Å². The van der Waals surface area contributed by atoms with Crippen LogP contribution in [0.4, 0.5) is 0 Å². The zero-order valence-corrected chi connectivity index (χ0v) is 21.8. The molecule has 2 aromatic carbocycles. The molecule has 1 aliphatic carbocycles. The largest absolute Gasteiger partial charge is 0.297 e. The van der Waals surface area contributed by atoms with Gasteiger partial charge in [-0.1, -0.05) is 72.8 Å². The van der Waals surface area contributed by atoms with Crippen molar-refractivity contribution in [2.45, 2.75) is 26.3 Å². The highest BCUT2D eigenvalue weighted by molar-refractivity contribution is 5.49. The quantitative estimate of drug-likeness (QED) is 0.327. The van der Waals surface area contributed by atoms with Crippen molar-refractivity contribution in [2.75, 3.05) is 32.7 Å². The smallest absolute Gasteiger partial charge is 0.246 e. The molecule has 1 fully saturated rings. The van der Waals surface area contributed by atoms with Gasteiger partial charge in [-0.3, -0.25) is 19.9 Å². The molecule has 0 saturated carbocycles. The van der Waals surface area contributed by atoms with Crippen molar-refractivity contribution in [3.8, 4) is 5.69 Å². The maximum atomic E-state index is 11.6.